The molecule has 1 aromatic heterocycles. The van der Waals surface area contributed by atoms with E-state index in [0.29, 0.717) is 6.04 Å². The van der Waals surface area contributed by atoms with Crippen molar-refractivity contribution in [2.24, 2.45) is 0 Å². The van der Waals surface area contributed by atoms with Gasteiger partial charge in [0.25, 0.3) is 0 Å². The second-order valence-electron chi connectivity index (χ2n) is 4.31. The first-order valence-electron chi connectivity index (χ1n) is 5.73. The highest BCUT2D eigenvalue weighted by Gasteiger charge is 2.03. The van der Waals surface area contributed by atoms with E-state index in [9.17, 15) is 4.39 Å². The van der Waals surface area contributed by atoms with Crippen LogP contribution < -0.4 is 5.32 Å². The fourth-order valence-electron chi connectivity index (χ4n) is 1.55. The lowest BCUT2D eigenvalue weighted by molar-refractivity contribution is 0.593. The van der Waals surface area contributed by atoms with E-state index >= 15 is 0 Å². The molecule has 0 bridgehead atoms. The third-order valence-corrected chi connectivity index (χ3v) is 3.61. The largest absolute Gasteiger partial charge is 0.310 e. The van der Waals surface area contributed by atoms with E-state index in [1.165, 1.54) is 21.9 Å². The van der Waals surface area contributed by atoms with Gasteiger partial charge in [-0.05, 0) is 29.8 Å². The third-order valence-electron chi connectivity index (χ3n) is 2.47. The maximum Gasteiger partial charge on any atom is 0.123 e. The lowest BCUT2D eigenvalue weighted by Crippen LogP contribution is -2.21. The first-order valence-corrected chi connectivity index (χ1v) is 6.55. The van der Waals surface area contributed by atoms with E-state index in [2.05, 4.69) is 31.3 Å². The molecule has 0 amide bonds. The summed E-state index contributed by atoms with van der Waals surface area (Å²) < 4.78 is 12.8. The summed E-state index contributed by atoms with van der Waals surface area (Å²) in [6.45, 7) is 5.16. The standard InChI is InChI=1S/C14H16FNS/c1-10(2)16-9-13-7-8-14(17-13)11-3-5-12(15)6-4-11/h3-8,10,16H,9H2,1-2H3. The monoisotopic (exact) mass is 249 g/mol. The molecule has 1 nitrogen and oxygen atoms in total. The summed E-state index contributed by atoms with van der Waals surface area (Å²) in [7, 11) is 0. The van der Waals surface area contributed by atoms with Crippen molar-refractivity contribution >= 4 is 11.3 Å². The molecular formula is C14H16FNS. The zero-order valence-electron chi connectivity index (χ0n) is 10.0. The average Bonchev–Trinajstić information content (AvgIpc) is 2.76. The quantitative estimate of drug-likeness (QED) is 0.862. The topological polar surface area (TPSA) is 12.0 Å². The van der Waals surface area contributed by atoms with E-state index < -0.39 is 0 Å². The Hall–Kier alpha value is -1.19. The van der Waals surface area contributed by atoms with E-state index in [4.69, 9.17) is 0 Å². The number of hydrogen-bond acceptors (Lipinski definition) is 2. The van der Waals surface area contributed by atoms with Gasteiger partial charge in [-0.2, -0.15) is 0 Å². The van der Waals surface area contributed by atoms with Gasteiger partial charge in [-0.3, -0.25) is 0 Å². The summed E-state index contributed by atoms with van der Waals surface area (Å²) in [6, 6.07) is 11.4. The van der Waals surface area contributed by atoms with Crippen LogP contribution in [0.1, 0.15) is 18.7 Å². The molecule has 0 fully saturated rings. The minimum absolute atomic E-state index is 0.188. The molecule has 0 radical (unpaired) electrons. The summed E-state index contributed by atoms with van der Waals surface area (Å²) in [5.41, 5.74) is 1.08. The van der Waals surface area contributed by atoms with Crippen LogP contribution >= 0.6 is 11.3 Å². The second-order valence-corrected chi connectivity index (χ2v) is 5.48. The highest BCUT2D eigenvalue weighted by molar-refractivity contribution is 7.15. The number of hydrogen-bond donors (Lipinski definition) is 1. The summed E-state index contributed by atoms with van der Waals surface area (Å²) in [5.74, 6) is -0.188. The normalized spacial score (nSPS) is 11.1. The van der Waals surface area contributed by atoms with Crippen LogP contribution in [0, 0.1) is 5.82 Å². The van der Waals surface area contributed by atoms with E-state index in [-0.39, 0.29) is 5.82 Å². The van der Waals surface area contributed by atoms with E-state index in [1.807, 2.05) is 12.1 Å². The molecule has 0 aliphatic carbocycles. The Balaban J connectivity index is 2.10. The van der Waals surface area contributed by atoms with E-state index in [0.717, 1.165) is 12.1 Å². The molecule has 1 aromatic carbocycles. The maximum absolute atomic E-state index is 12.8. The molecule has 0 spiro atoms. The van der Waals surface area contributed by atoms with Crippen LogP contribution in [0.25, 0.3) is 10.4 Å². The molecule has 0 aliphatic heterocycles. The molecule has 0 unspecified atom stereocenters. The predicted octanol–water partition coefficient (Wildman–Crippen LogP) is 4.05. The maximum atomic E-state index is 12.8. The average molecular weight is 249 g/mol. The van der Waals surface area contributed by atoms with Gasteiger partial charge in [-0.1, -0.05) is 26.0 Å². The van der Waals surface area contributed by atoms with Crippen molar-refractivity contribution in [3.63, 3.8) is 0 Å². The molecule has 0 saturated carbocycles. The Morgan fingerprint density at radius 2 is 1.82 bits per heavy atom. The van der Waals surface area contributed by atoms with Gasteiger partial charge >= 0.3 is 0 Å². The van der Waals surface area contributed by atoms with Gasteiger partial charge in [-0.25, -0.2) is 4.39 Å². The number of halogens is 1. The van der Waals surface area contributed by atoms with Crippen LogP contribution in [0.4, 0.5) is 4.39 Å². The van der Waals surface area contributed by atoms with Gasteiger partial charge in [-0.15, -0.1) is 11.3 Å². The van der Waals surface area contributed by atoms with Crippen molar-refractivity contribution in [2.75, 3.05) is 0 Å². The van der Waals surface area contributed by atoms with Crippen LogP contribution in [-0.2, 0) is 6.54 Å². The van der Waals surface area contributed by atoms with Crippen molar-refractivity contribution in [1.29, 1.82) is 0 Å². The first-order chi connectivity index (χ1) is 8.15. The lowest BCUT2D eigenvalue weighted by atomic mass is 10.2. The molecule has 1 N–H and O–H groups in total. The lowest BCUT2D eigenvalue weighted by Gasteiger charge is -2.05. The zero-order valence-corrected chi connectivity index (χ0v) is 10.9. The Morgan fingerprint density at radius 1 is 1.12 bits per heavy atom. The fourth-order valence-corrected chi connectivity index (χ4v) is 2.51. The third kappa shape index (κ3) is 3.38. The molecule has 17 heavy (non-hydrogen) atoms. The highest BCUT2D eigenvalue weighted by Crippen LogP contribution is 2.28. The Kier molecular flexibility index (Phi) is 3.92. The zero-order chi connectivity index (χ0) is 12.3. The summed E-state index contributed by atoms with van der Waals surface area (Å²) >= 11 is 1.75. The van der Waals surface area contributed by atoms with Gasteiger partial charge in [0.2, 0.25) is 0 Å². The van der Waals surface area contributed by atoms with Crippen LogP contribution in [0.3, 0.4) is 0 Å². The number of rotatable bonds is 4. The molecule has 2 aromatic rings. The summed E-state index contributed by atoms with van der Waals surface area (Å²) in [4.78, 5) is 2.49. The Labute approximate surface area is 105 Å². The molecule has 3 heteroatoms. The van der Waals surface area contributed by atoms with Crippen molar-refractivity contribution in [2.45, 2.75) is 26.4 Å². The second kappa shape index (κ2) is 5.43. The first kappa shape index (κ1) is 12.3. The van der Waals surface area contributed by atoms with Crippen molar-refractivity contribution < 1.29 is 4.39 Å². The Morgan fingerprint density at radius 3 is 2.47 bits per heavy atom. The summed E-state index contributed by atoms with van der Waals surface area (Å²) in [6.07, 6.45) is 0. The Bertz CT molecular complexity index is 473. The SMILES string of the molecule is CC(C)NCc1ccc(-c2ccc(F)cc2)s1. The predicted molar refractivity (Wildman–Crippen MR) is 71.7 cm³/mol. The van der Waals surface area contributed by atoms with Crippen molar-refractivity contribution in [1.82, 2.24) is 5.32 Å². The van der Waals surface area contributed by atoms with Crippen LogP contribution in [0.15, 0.2) is 36.4 Å². The molecule has 0 aliphatic rings. The fraction of sp³-hybridized carbons (Fsp3) is 0.286. The van der Waals surface area contributed by atoms with Gasteiger partial charge in [0.1, 0.15) is 5.82 Å². The van der Waals surface area contributed by atoms with Crippen LogP contribution in [0.2, 0.25) is 0 Å². The molecule has 0 atom stereocenters. The van der Waals surface area contributed by atoms with Gasteiger partial charge in [0.15, 0.2) is 0 Å². The number of thiophene rings is 1. The molecule has 2 rings (SSSR count). The molecule has 0 saturated heterocycles. The van der Waals surface area contributed by atoms with Gasteiger partial charge in [0.05, 0.1) is 0 Å². The highest BCUT2D eigenvalue weighted by atomic mass is 32.1. The van der Waals surface area contributed by atoms with Crippen LogP contribution in [0.5, 0.6) is 0 Å². The van der Waals surface area contributed by atoms with Gasteiger partial charge in [0, 0.05) is 22.3 Å². The number of benzene rings is 1. The minimum Gasteiger partial charge on any atom is -0.310 e. The van der Waals surface area contributed by atoms with E-state index in [1.54, 1.807) is 11.3 Å². The van der Waals surface area contributed by atoms with Crippen molar-refractivity contribution in [3.8, 4) is 10.4 Å². The summed E-state index contributed by atoms with van der Waals surface area (Å²) in [5, 5.41) is 3.39. The molecule has 1 heterocycles. The number of nitrogens with one attached hydrogen (secondary N) is 1. The molecule has 90 valence electrons. The molecular weight excluding hydrogens is 233 g/mol. The van der Waals surface area contributed by atoms with Crippen LogP contribution in [-0.4, -0.2) is 6.04 Å². The minimum atomic E-state index is -0.188. The smallest absolute Gasteiger partial charge is 0.123 e. The van der Waals surface area contributed by atoms with Crippen molar-refractivity contribution in [3.05, 3.63) is 47.1 Å². The van der Waals surface area contributed by atoms with Gasteiger partial charge < -0.3 is 5.32 Å².